The van der Waals surface area contributed by atoms with Gasteiger partial charge in [-0.15, -0.1) is 0 Å². The van der Waals surface area contributed by atoms with Gasteiger partial charge in [-0.2, -0.15) is 0 Å². The molecule has 0 aliphatic rings. The number of carbonyl (C=O) groups excluding carboxylic acids is 1. The molecular weight excluding hydrogens is 298 g/mol. The zero-order valence-corrected chi connectivity index (χ0v) is 12.6. The molecule has 0 aliphatic carbocycles. The average molecular weight is 315 g/mol. The lowest BCUT2D eigenvalue weighted by atomic mass is 10.2. The van der Waals surface area contributed by atoms with Crippen LogP contribution in [0.15, 0.2) is 54.6 Å². The SMILES string of the molecule is C[C@@H](Oc1ccccc1)C(=O)Nc1cccc(OCC(=O)O)c1. The highest BCUT2D eigenvalue weighted by Gasteiger charge is 2.15. The number of anilines is 1. The molecule has 120 valence electrons. The van der Waals surface area contributed by atoms with Crippen molar-refractivity contribution < 1.29 is 24.2 Å². The van der Waals surface area contributed by atoms with Crippen LogP contribution in [0.4, 0.5) is 5.69 Å². The summed E-state index contributed by atoms with van der Waals surface area (Å²) in [5, 5.41) is 11.3. The molecule has 23 heavy (non-hydrogen) atoms. The predicted molar refractivity (Wildman–Crippen MR) is 84.7 cm³/mol. The van der Waals surface area contributed by atoms with Crippen LogP contribution in [0.25, 0.3) is 0 Å². The number of hydrogen-bond donors (Lipinski definition) is 2. The van der Waals surface area contributed by atoms with Gasteiger partial charge in [0.15, 0.2) is 12.7 Å². The molecule has 0 saturated carbocycles. The third kappa shape index (κ3) is 5.35. The van der Waals surface area contributed by atoms with E-state index in [0.717, 1.165) is 0 Å². The van der Waals surface area contributed by atoms with Gasteiger partial charge in [-0.3, -0.25) is 4.79 Å². The zero-order chi connectivity index (χ0) is 16.7. The molecule has 2 N–H and O–H groups in total. The maximum Gasteiger partial charge on any atom is 0.341 e. The number of rotatable bonds is 7. The number of hydrogen-bond acceptors (Lipinski definition) is 4. The highest BCUT2D eigenvalue weighted by molar-refractivity contribution is 5.94. The Morgan fingerprint density at radius 2 is 1.78 bits per heavy atom. The van der Waals surface area contributed by atoms with E-state index >= 15 is 0 Å². The summed E-state index contributed by atoms with van der Waals surface area (Å²) in [6, 6.07) is 15.6. The van der Waals surface area contributed by atoms with E-state index < -0.39 is 18.7 Å². The Labute approximate surface area is 133 Å². The summed E-state index contributed by atoms with van der Waals surface area (Å²) in [5.74, 6) is -0.413. The van der Waals surface area contributed by atoms with E-state index in [2.05, 4.69) is 5.32 Å². The van der Waals surface area contributed by atoms with Crippen LogP contribution >= 0.6 is 0 Å². The van der Waals surface area contributed by atoms with Crippen LogP contribution in [0.2, 0.25) is 0 Å². The number of para-hydroxylation sites is 1. The van der Waals surface area contributed by atoms with Gasteiger partial charge in [0, 0.05) is 11.8 Å². The van der Waals surface area contributed by atoms with E-state index in [9.17, 15) is 9.59 Å². The van der Waals surface area contributed by atoms with Crippen LogP contribution in [-0.4, -0.2) is 29.7 Å². The Bertz CT molecular complexity index is 672. The quantitative estimate of drug-likeness (QED) is 0.820. The van der Waals surface area contributed by atoms with Gasteiger partial charge in [-0.25, -0.2) is 4.79 Å². The minimum Gasteiger partial charge on any atom is -0.482 e. The van der Waals surface area contributed by atoms with Crippen molar-refractivity contribution in [1.29, 1.82) is 0 Å². The lowest BCUT2D eigenvalue weighted by Gasteiger charge is -2.15. The number of ether oxygens (including phenoxy) is 2. The number of carbonyl (C=O) groups is 2. The Morgan fingerprint density at radius 3 is 2.48 bits per heavy atom. The summed E-state index contributed by atoms with van der Waals surface area (Å²) in [6.45, 7) is 1.21. The number of carboxylic acids is 1. The van der Waals surface area contributed by atoms with Gasteiger partial charge in [0.2, 0.25) is 0 Å². The van der Waals surface area contributed by atoms with E-state index in [1.54, 1.807) is 43.3 Å². The minimum absolute atomic E-state index is 0.316. The van der Waals surface area contributed by atoms with E-state index in [0.29, 0.717) is 17.2 Å². The molecule has 0 fully saturated rings. The highest BCUT2D eigenvalue weighted by atomic mass is 16.5. The first-order chi connectivity index (χ1) is 11.0. The standard InChI is InChI=1S/C17H17NO5/c1-12(23-14-7-3-2-4-8-14)17(21)18-13-6-5-9-15(10-13)22-11-16(19)20/h2-10,12H,11H2,1H3,(H,18,21)(H,19,20)/t12-/m1/s1. The zero-order valence-electron chi connectivity index (χ0n) is 12.6. The fourth-order valence-corrected chi connectivity index (χ4v) is 1.81. The number of aliphatic carboxylic acids is 1. The first kappa shape index (κ1) is 16.4. The maximum absolute atomic E-state index is 12.1. The molecule has 0 spiro atoms. The van der Waals surface area contributed by atoms with Crippen LogP contribution < -0.4 is 14.8 Å². The van der Waals surface area contributed by atoms with Crippen molar-refractivity contribution in [2.75, 3.05) is 11.9 Å². The van der Waals surface area contributed by atoms with Crippen LogP contribution in [0.1, 0.15) is 6.92 Å². The Morgan fingerprint density at radius 1 is 1.09 bits per heavy atom. The number of nitrogens with one attached hydrogen (secondary N) is 1. The van der Waals surface area contributed by atoms with Crippen molar-refractivity contribution in [3.8, 4) is 11.5 Å². The third-order valence-electron chi connectivity index (χ3n) is 2.89. The van der Waals surface area contributed by atoms with Gasteiger partial charge in [0.05, 0.1) is 0 Å². The second-order valence-corrected chi connectivity index (χ2v) is 4.77. The highest BCUT2D eigenvalue weighted by Crippen LogP contribution is 2.18. The summed E-state index contributed by atoms with van der Waals surface area (Å²) in [7, 11) is 0. The van der Waals surface area contributed by atoms with Gasteiger partial charge < -0.3 is 19.9 Å². The Balaban J connectivity index is 1.94. The van der Waals surface area contributed by atoms with E-state index in [1.165, 1.54) is 0 Å². The van der Waals surface area contributed by atoms with Gasteiger partial charge in [0.1, 0.15) is 11.5 Å². The fourth-order valence-electron chi connectivity index (χ4n) is 1.81. The lowest BCUT2D eigenvalue weighted by Crippen LogP contribution is -2.30. The molecule has 0 heterocycles. The third-order valence-corrected chi connectivity index (χ3v) is 2.89. The van der Waals surface area contributed by atoms with Crippen molar-refractivity contribution in [3.63, 3.8) is 0 Å². The van der Waals surface area contributed by atoms with Gasteiger partial charge in [-0.1, -0.05) is 24.3 Å². The number of carboxylic acid groups (broad SMARTS) is 1. The molecule has 6 nitrogen and oxygen atoms in total. The molecule has 0 bridgehead atoms. The molecule has 1 amide bonds. The number of benzene rings is 2. The summed E-state index contributed by atoms with van der Waals surface area (Å²) in [6.07, 6.45) is -0.680. The van der Waals surface area contributed by atoms with E-state index in [4.69, 9.17) is 14.6 Å². The van der Waals surface area contributed by atoms with Crippen molar-refractivity contribution in [3.05, 3.63) is 54.6 Å². The van der Waals surface area contributed by atoms with Crippen LogP contribution in [0.5, 0.6) is 11.5 Å². The minimum atomic E-state index is -1.07. The molecule has 0 aliphatic heterocycles. The van der Waals surface area contributed by atoms with Crippen LogP contribution in [0, 0.1) is 0 Å². The fraction of sp³-hybridized carbons (Fsp3) is 0.176. The maximum atomic E-state index is 12.1. The largest absolute Gasteiger partial charge is 0.482 e. The smallest absolute Gasteiger partial charge is 0.341 e. The molecule has 0 saturated heterocycles. The lowest BCUT2D eigenvalue weighted by molar-refractivity contribution is -0.139. The van der Waals surface area contributed by atoms with Crippen molar-refractivity contribution >= 4 is 17.6 Å². The Kier molecular flexibility index (Phi) is 5.57. The second kappa shape index (κ2) is 7.84. The molecule has 0 radical (unpaired) electrons. The molecule has 2 aromatic carbocycles. The molecule has 0 aromatic heterocycles. The molecule has 2 aromatic rings. The van der Waals surface area contributed by atoms with Crippen LogP contribution in [-0.2, 0) is 9.59 Å². The summed E-state index contributed by atoms with van der Waals surface area (Å²) in [4.78, 5) is 22.6. The first-order valence-corrected chi connectivity index (χ1v) is 7.02. The van der Waals surface area contributed by atoms with Gasteiger partial charge >= 0.3 is 5.97 Å². The number of amides is 1. The topological polar surface area (TPSA) is 84.9 Å². The van der Waals surface area contributed by atoms with Gasteiger partial charge in [-0.05, 0) is 31.2 Å². The molecule has 2 rings (SSSR count). The van der Waals surface area contributed by atoms with Crippen molar-refractivity contribution in [2.24, 2.45) is 0 Å². The first-order valence-electron chi connectivity index (χ1n) is 7.02. The average Bonchev–Trinajstić information content (AvgIpc) is 2.54. The molecule has 6 heteroatoms. The normalized spacial score (nSPS) is 11.3. The van der Waals surface area contributed by atoms with E-state index in [-0.39, 0.29) is 5.91 Å². The van der Waals surface area contributed by atoms with E-state index in [1.807, 2.05) is 18.2 Å². The second-order valence-electron chi connectivity index (χ2n) is 4.77. The summed E-state index contributed by atoms with van der Waals surface area (Å²) < 4.78 is 10.6. The Hall–Kier alpha value is -3.02. The van der Waals surface area contributed by atoms with Crippen molar-refractivity contribution in [1.82, 2.24) is 0 Å². The predicted octanol–water partition coefficient (Wildman–Crippen LogP) is 2.56. The molecule has 0 unspecified atom stereocenters. The summed E-state index contributed by atoms with van der Waals surface area (Å²) >= 11 is 0. The molecule has 1 atom stereocenters. The van der Waals surface area contributed by atoms with Gasteiger partial charge in [0.25, 0.3) is 5.91 Å². The van der Waals surface area contributed by atoms with Crippen molar-refractivity contribution in [2.45, 2.75) is 13.0 Å². The monoisotopic (exact) mass is 315 g/mol. The molecular formula is C17H17NO5. The van der Waals surface area contributed by atoms with Crippen LogP contribution in [0.3, 0.4) is 0 Å². The summed E-state index contributed by atoms with van der Waals surface area (Å²) in [5.41, 5.74) is 0.501.